The Morgan fingerprint density at radius 2 is 1.70 bits per heavy atom. The SMILES string of the molecule is O=C(O)c1cccc(CN(CC2CNC2)c2ccc(Oc3ccc(Cl)cc3)cc2)c1. The smallest absolute Gasteiger partial charge is 0.335 e. The maximum atomic E-state index is 11.3. The number of ether oxygens (including phenoxy) is 1. The van der Waals surface area contributed by atoms with Crippen molar-refractivity contribution in [3.05, 3.63) is 88.9 Å². The molecule has 0 atom stereocenters. The van der Waals surface area contributed by atoms with E-state index in [1.807, 2.05) is 42.5 Å². The number of halogens is 1. The zero-order valence-electron chi connectivity index (χ0n) is 16.4. The number of benzene rings is 3. The van der Waals surface area contributed by atoms with Crippen LogP contribution in [-0.4, -0.2) is 30.7 Å². The minimum atomic E-state index is -0.907. The van der Waals surface area contributed by atoms with E-state index in [9.17, 15) is 9.90 Å². The summed E-state index contributed by atoms with van der Waals surface area (Å²) in [6.45, 7) is 3.56. The fraction of sp³-hybridized carbons (Fsp3) is 0.208. The molecular weight excluding hydrogens is 400 g/mol. The number of nitrogens with one attached hydrogen (secondary N) is 1. The van der Waals surface area contributed by atoms with Crippen LogP contribution in [0.5, 0.6) is 11.5 Å². The van der Waals surface area contributed by atoms with Gasteiger partial charge in [0.25, 0.3) is 0 Å². The van der Waals surface area contributed by atoms with Crippen LogP contribution in [-0.2, 0) is 6.54 Å². The molecule has 1 saturated heterocycles. The van der Waals surface area contributed by atoms with Crippen LogP contribution in [0.3, 0.4) is 0 Å². The molecule has 0 saturated carbocycles. The first-order chi connectivity index (χ1) is 14.6. The number of rotatable bonds is 8. The van der Waals surface area contributed by atoms with Gasteiger partial charge in [0.1, 0.15) is 11.5 Å². The summed E-state index contributed by atoms with van der Waals surface area (Å²) in [4.78, 5) is 13.6. The van der Waals surface area contributed by atoms with Gasteiger partial charge in [-0.2, -0.15) is 0 Å². The molecule has 0 radical (unpaired) electrons. The Morgan fingerprint density at radius 3 is 2.30 bits per heavy atom. The van der Waals surface area contributed by atoms with E-state index < -0.39 is 5.97 Å². The van der Waals surface area contributed by atoms with Gasteiger partial charge in [-0.15, -0.1) is 0 Å². The first-order valence-electron chi connectivity index (χ1n) is 9.88. The van der Waals surface area contributed by atoms with E-state index in [-0.39, 0.29) is 0 Å². The molecule has 3 aromatic rings. The Hall–Kier alpha value is -3.02. The van der Waals surface area contributed by atoms with Gasteiger partial charge in [0.05, 0.1) is 5.56 Å². The Morgan fingerprint density at radius 1 is 1.03 bits per heavy atom. The van der Waals surface area contributed by atoms with Crippen molar-refractivity contribution in [2.75, 3.05) is 24.5 Å². The van der Waals surface area contributed by atoms with Gasteiger partial charge in [0.15, 0.2) is 0 Å². The van der Waals surface area contributed by atoms with Crippen molar-refractivity contribution in [1.29, 1.82) is 0 Å². The highest BCUT2D eigenvalue weighted by molar-refractivity contribution is 6.30. The highest BCUT2D eigenvalue weighted by atomic mass is 35.5. The van der Waals surface area contributed by atoms with Crippen LogP contribution >= 0.6 is 11.6 Å². The van der Waals surface area contributed by atoms with E-state index in [0.717, 1.165) is 42.4 Å². The van der Waals surface area contributed by atoms with E-state index in [2.05, 4.69) is 10.2 Å². The van der Waals surface area contributed by atoms with Gasteiger partial charge in [-0.1, -0.05) is 23.7 Å². The number of carbonyl (C=O) groups is 1. The summed E-state index contributed by atoms with van der Waals surface area (Å²) < 4.78 is 5.89. The lowest BCUT2D eigenvalue weighted by molar-refractivity contribution is 0.0696. The second kappa shape index (κ2) is 9.20. The van der Waals surface area contributed by atoms with E-state index in [1.165, 1.54) is 0 Å². The van der Waals surface area contributed by atoms with E-state index >= 15 is 0 Å². The topological polar surface area (TPSA) is 61.8 Å². The molecule has 0 aliphatic carbocycles. The second-order valence-electron chi connectivity index (χ2n) is 7.46. The maximum Gasteiger partial charge on any atom is 0.335 e. The summed E-state index contributed by atoms with van der Waals surface area (Å²) in [5, 5.41) is 13.3. The molecule has 0 spiro atoms. The molecule has 154 valence electrons. The average molecular weight is 423 g/mol. The second-order valence-corrected chi connectivity index (χ2v) is 7.90. The standard InChI is InChI=1S/C24H23ClN2O3/c25-20-4-8-22(9-5-20)30-23-10-6-21(7-11-23)27(16-18-13-26-14-18)15-17-2-1-3-19(12-17)24(28)29/h1-12,18,26H,13-16H2,(H,28,29). The van der Waals surface area contributed by atoms with Crippen LogP contribution in [0.25, 0.3) is 0 Å². The molecule has 6 heteroatoms. The number of carboxylic acids is 1. The Balaban J connectivity index is 1.50. The summed E-state index contributed by atoms with van der Waals surface area (Å²) in [6.07, 6.45) is 0. The zero-order valence-corrected chi connectivity index (χ0v) is 17.2. The third-order valence-corrected chi connectivity index (χ3v) is 5.40. The Labute approximate surface area is 180 Å². The number of hydrogen-bond donors (Lipinski definition) is 2. The monoisotopic (exact) mass is 422 g/mol. The molecule has 30 heavy (non-hydrogen) atoms. The summed E-state index contributed by atoms with van der Waals surface area (Å²) >= 11 is 5.92. The molecule has 0 amide bonds. The van der Waals surface area contributed by atoms with Crippen molar-refractivity contribution in [1.82, 2.24) is 5.32 Å². The van der Waals surface area contributed by atoms with Gasteiger partial charge in [-0.25, -0.2) is 4.79 Å². The van der Waals surface area contributed by atoms with E-state index in [4.69, 9.17) is 16.3 Å². The normalized spacial score (nSPS) is 13.5. The molecule has 1 aliphatic rings. The van der Waals surface area contributed by atoms with Crippen LogP contribution < -0.4 is 15.0 Å². The first-order valence-corrected chi connectivity index (χ1v) is 10.3. The summed E-state index contributed by atoms with van der Waals surface area (Å²) in [5.41, 5.74) is 2.36. The molecule has 2 N–H and O–H groups in total. The van der Waals surface area contributed by atoms with Crippen LogP contribution in [0.2, 0.25) is 5.02 Å². The van der Waals surface area contributed by atoms with Crippen LogP contribution in [0, 0.1) is 5.92 Å². The Bertz CT molecular complexity index is 1000. The van der Waals surface area contributed by atoms with Crippen molar-refractivity contribution >= 4 is 23.3 Å². The van der Waals surface area contributed by atoms with Crippen LogP contribution in [0.15, 0.2) is 72.8 Å². The van der Waals surface area contributed by atoms with Gasteiger partial charge in [0, 0.05) is 42.8 Å². The van der Waals surface area contributed by atoms with Crippen molar-refractivity contribution in [3.8, 4) is 11.5 Å². The fourth-order valence-corrected chi connectivity index (χ4v) is 3.56. The number of hydrogen-bond acceptors (Lipinski definition) is 4. The van der Waals surface area contributed by atoms with Gasteiger partial charge < -0.3 is 20.1 Å². The molecule has 0 aromatic heterocycles. The maximum absolute atomic E-state index is 11.3. The quantitative estimate of drug-likeness (QED) is 0.531. The molecular formula is C24H23ClN2O3. The average Bonchev–Trinajstić information content (AvgIpc) is 2.72. The molecule has 3 aromatic carbocycles. The predicted molar refractivity (Wildman–Crippen MR) is 119 cm³/mol. The van der Waals surface area contributed by atoms with Gasteiger partial charge in [-0.05, 0) is 66.2 Å². The van der Waals surface area contributed by atoms with Crippen molar-refractivity contribution in [2.24, 2.45) is 5.92 Å². The van der Waals surface area contributed by atoms with Crippen molar-refractivity contribution < 1.29 is 14.6 Å². The molecule has 4 rings (SSSR count). The molecule has 0 bridgehead atoms. The van der Waals surface area contributed by atoms with Crippen molar-refractivity contribution in [3.63, 3.8) is 0 Å². The van der Waals surface area contributed by atoms with Gasteiger partial charge >= 0.3 is 5.97 Å². The highest BCUT2D eigenvalue weighted by Gasteiger charge is 2.21. The predicted octanol–water partition coefficient (Wildman–Crippen LogP) is 5.06. The van der Waals surface area contributed by atoms with Crippen LogP contribution in [0.1, 0.15) is 15.9 Å². The molecule has 1 fully saturated rings. The van der Waals surface area contributed by atoms with Crippen LogP contribution in [0.4, 0.5) is 5.69 Å². The number of nitrogens with zero attached hydrogens (tertiary/aromatic N) is 1. The number of carboxylic acid groups (broad SMARTS) is 1. The largest absolute Gasteiger partial charge is 0.478 e. The lowest BCUT2D eigenvalue weighted by Gasteiger charge is -2.34. The molecule has 1 heterocycles. The third-order valence-electron chi connectivity index (χ3n) is 5.14. The van der Waals surface area contributed by atoms with E-state index in [0.29, 0.717) is 23.0 Å². The number of anilines is 1. The molecule has 0 unspecified atom stereocenters. The molecule has 1 aliphatic heterocycles. The fourth-order valence-electron chi connectivity index (χ4n) is 3.44. The Kier molecular flexibility index (Phi) is 6.21. The first kappa shape index (κ1) is 20.3. The minimum Gasteiger partial charge on any atom is -0.478 e. The van der Waals surface area contributed by atoms with Gasteiger partial charge in [-0.3, -0.25) is 0 Å². The van der Waals surface area contributed by atoms with E-state index in [1.54, 1.807) is 30.3 Å². The summed E-state index contributed by atoms with van der Waals surface area (Å²) in [7, 11) is 0. The highest BCUT2D eigenvalue weighted by Crippen LogP contribution is 2.27. The number of aromatic carboxylic acids is 1. The van der Waals surface area contributed by atoms with Gasteiger partial charge in [0.2, 0.25) is 0 Å². The minimum absolute atomic E-state index is 0.310. The summed E-state index contributed by atoms with van der Waals surface area (Å²) in [5.74, 6) is 1.15. The lowest BCUT2D eigenvalue weighted by Crippen LogP contribution is -2.48. The molecule has 5 nitrogen and oxygen atoms in total. The lowest BCUT2D eigenvalue weighted by atomic mass is 10.0. The zero-order chi connectivity index (χ0) is 20.9. The summed E-state index contributed by atoms with van der Waals surface area (Å²) in [6, 6.07) is 22.4. The third kappa shape index (κ3) is 5.12. The van der Waals surface area contributed by atoms with Crippen molar-refractivity contribution in [2.45, 2.75) is 6.54 Å².